The molecule has 12 heavy (non-hydrogen) atoms. The summed E-state index contributed by atoms with van der Waals surface area (Å²) in [7, 11) is 0. The summed E-state index contributed by atoms with van der Waals surface area (Å²) in [6, 6.07) is 0. The molecule has 1 heterocycles. The summed E-state index contributed by atoms with van der Waals surface area (Å²) in [6.07, 6.45) is 4.91. The monoisotopic (exact) mass is 188 g/mol. The van der Waals surface area contributed by atoms with Crippen molar-refractivity contribution in [1.82, 2.24) is 0 Å². The van der Waals surface area contributed by atoms with Crippen LogP contribution in [0.3, 0.4) is 0 Å². The third-order valence-electron chi connectivity index (χ3n) is 1.95. The van der Waals surface area contributed by atoms with Crippen molar-refractivity contribution in [2.45, 2.75) is 38.7 Å². The van der Waals surface area contributed by atoms with Crippen molar-refractivity contribution < 1.29 is 9.53 Å². The van der Waals surface area contributed by atoms with Crippen LogP contribution in [0.25, 0.3) is 0 Å². The summed E-state index contributed by atoms with van der Waals surface area (Å²) in [4.78, 5) is 10.9. The Morgan fingerprint density at radius 2 is 2.42 bits per heavy atom. The minimum absolute atomic E-state index is 0.0345. The summed E-state index contributed by atoms with van der Waals surface area (Å²) < 4.78 is 5.17. The average molecular weight is 188 g/mol. The van der Waals surface area contributed by atoms with E-state index < -0.39 is 0 Å². The minimum Gasteiger partial charge on any atom is -0.461 e. The molecular weight excluding hydrogens is 172 g/mol. The first kappa shape index (κ1) is 9.90. The molecule has 70 valence electrons. The second-order valence-electron chi connectivity index (χ2n) is 3.12. The highest BCUT2D eigenvalue weighted by atomic mass is 32.2. The van der Waals surface area contributed by atoms with Gasteiger partial charge in [-0.3, -0.25) is 4.79 Å². The van der Waals surface area contributed by atoms with Crippen LogP contribution in [0.15, 0.2) is 0 Å². The maximum Gasteiger partial charge on any atom is 0.316 e. The van der Waals surface area contributed by atoms with Crippen molar-refractivity contribution in [3.63, 3.8) is 0 Å². The van der Waals surface area contributed by atoms with E-state index in [4.69, 9.17) is 4.74 Å². The lowest BCUT2D eigenvalue weighted by Crippen LogP contribution is -2.27. The van der Waals surface area contributed by atoms with Crippen LogP contribution in [0.5, 0.6) is 0 Å². The van der Waals surface area contributed by atoms with Gasteiger partial charge in [0.05, 0.1) is 5.75 Å². The fourth-order valence-corrected chi connectivity index (χ4v) is 2.14. The highest BCUT2D eigenvalue weighted by Gasteiger charge is 2.19. The molecule has 1 fully saturated rings. The van der Waals surface area contributed by atoms with Crippen molar-refractivity contribution in [3.8, 4) is 0 Å². The normalized spacial score (nSPS) is 23.8. The molecule has 0 aromatic carbocycles. The molecule has 0 saturated carbocycles. The Morgan fingerprint density at radius 3 is 3.08 bits per heavy atom. The molecule has 1 aliphatic heterocycles. The molecule has 0 radical (unpaired) electrons. The topological polar surface area (TPSA) is 26.3 Å². The molecule has 0 aliphatic carbocycles. The van der Waals surface area contributed by atoms with Crippen LogP contribution in [-0.2, 0) is 9.53 Å². The van der Waals surface area contributed by atoms with Gasteiger partial charge < -0.3 is 4.74 Å². The second-order valence-corrected chi connectivity index (χ2v) is 4.15. The van der Waals surface area contributed by atoms with Gasteiger partial charge in [0.25, 0.3) is 0 Å². The summed E-state index contributed by atoms with van der Waals surface area (Å²) >= 11 is 1.69. The van der Waals surface area contributed by atoms with E-state index in [1.54, 1.807) is 11.8 Å². The van der Waals surface area contributed by atoms with Gasteiger partial charge in [-0.05, 0) is 12.8 Å². The molecule has 0 spiro atoms. The van der Waals surface area contributed by atoms with Crippen LogP contribution in [0.1, 0.15) is 32.6 Å². The Labute approximate surface area is 78.1 Å². The van der Waals surface area contributed by atoms with Crippen LogP contribution in [0.2, 0.25) is 0 Å². The number of ether oxygens (including phenoxy) is 1. The molecule has 0 N–H and O–H groups in total. The van der Waals surface area contributed by atoms with Crippen LogP contribution in [-0.4, -0.2) is 23.6 Å². The third-order valence-corrected chi connectivity index (χ3v) is 3.00. The summed E-state index contributed by atoms with van der Waals surface area (Å²) in [5, 5.41) is 0. The molecule has 0 amide bonds. The van der Waals surface area contributed by atoms with Gasteiger partial charge in [0.1, 0.15) is 6.10 Å². The molecule has 1 saturated heterocycles. The van der Waals surface area contributed by atoms with Crippen molar-refractivity contribution in [2.24, 2.45) is 0 Å². The predicted molar refractivity (Wildman–Crippen MR) is 51.3 cm³/mol. The highest BCUT2D eigenvalue weighted by Crippen LogP contribution is 2.18. The molecule has 3 heteroatoms. The predicted octanol–water partition coefficient (Wildman–Crippen LogP) is 2.23. The SMILES string of the molecule is CCCCCC1CSCC(=O)O1. The molecule has 0 aromatic heterocycles. The molecule has 1 atom stereocenters. The Hall–Kier alpha value is -0.180. The van der Waals surface area contributed by atoms with E-state index in [-0.39, 0.29) is 12.1 Å². The summed E-state index contributed by atoms with van der Waals surface area (Å²) in [6.45, 7) is 2.18. The minimum atomic E-state index is -0.0345. The highest BCUT2D eigenvalue weighted by molar-refractivity contribution is 8.00. The van der Waals surface area contributed by atoms with Gasteiger partial charge in [-0.1, -0.05) is 19.8 Å². The van der Waals surface area contributed by atoms with Crippen molar-refractivity contribution in [2.75, 3.05) is 11.5 Å². The molecule has 0 bridgehead atoms. The first-order valence-corrected chi connectivity index (χ1v) is 5.75. The quantitative estimate of drug-likeness (QED) is 0.500. The van der Waals surface area contributed by atoms with Gasteiger partial charge in [0.2, 0.25) is 0 Å². The molecular formula is C9H16O2S. The van der Waals surface area contributed by atoms with Crippen molar-refractivity contribution >= 4 is 17.7 Å². The Balaban J connectivity index is 2.10. The zero-order valence-electron chi connectivity index (χ0n) is 7.54. The lowest BCUT2D eigenvalue weighted by molar-refractivity contribution is -0.145. The van der Waals surface area contributed by atoms with E-state index in [9.17, 15) is 4.79 Å². The van der Waals surface area contributed by atoms with Crippen LogP contribution in [0.4, 0.5) is 0 Å². The Bertz CT molecular complexity index is 147. The van der Waals surface area contributed by atoms with Gasteiger partial charge in [-0.2, -0.15) is 0 Å². The summed E-state index contributed by atoms with van der Waals surface area (Å²) in [5.74, 6) is 1.51. The first-order valence-electron chi connectivity index (χ1n) is 4.60. The lowest BCUT2D eigenvalue weighted by atomic mass is 10.1. The van der Waals surface area contributed by atoms with Crippen LogP contribution >= 0.6 is 11.8 Å². The Kier molecular flexibility index (Phi) is 4.51. The van der Waals surface area contributed by atoms with E-state index in [0.29, 0.717) is 5.75 Å². The largest absolute Gasteiger partial charge is 0.461 e. The smallest absolute Gasteiger partial charge is 0.316 e. The number of cyclic esters (lactones) is 1. The number of esters is 1. The first-order chi connectivity index (χ1) is 5.83. The van der Waals surface area contributed by atoms with E-state index in [1.807, 2.05) is 0 Å². The number of hydrogen-bond acceptors (Lipinski definition) is 3. The molecule has 2 nitrogen and oxygen atoms in total. The van der Waals surface area contributed by atoms with Gasteiger partial charge in [0.15, 0.2) is 0 Å². The van der Waals surface area contributed by atoms with Gasteiger partial charge in [-0.25, -0.2) is 0 Å². The van der Waals surface area contributed by atoms with Gasteiger partial charge >= 0.3 is 5.97 Å². The fourth-order valence-electron chi connectivity index (χ4n) is 1.29. The molecule has 1 aliphatic rings. The van der Waals surface area contributed by atoms with Crippen LogP contribution in [0, 0.1) is 0 Å². The van der Waals surface area contributed by atoms with Crippen LogP contribution < -0.4 is 0 Å². The van der Waals surface area contributed by atoms with Gasteiger partial charge in [-0.15, -0.1) is 11.8 Å². The lowest BCUT2D eigenvalue weighted by Gasteiger charge is -2.21. The zero-order valence-corrected chi connectivity index (χ0v) is 8.36. The van der Waals surface area contributed by atoms with Gasteiger partial charge in [0, 0.05) is 5.75 Å². The van der Waals surface area contributed by atoms with E-state index in [0.717, 1.165) is 12.2 Å². The number of carbonyl (C=O) groups excluding carboxylic acids is 1. The number of rotatable bonds is 4. The van der Waals surface area contributed by atoms with Crippen molar-refractivity contribution in [1.29, 1.82) is 0 Å². The zero-order chi connectivity index (χ0) is 8.81. The summed E-state index contributed by atoms with van der Waals surface area (Å²) in [5.41, 5.74) is 0. The number of unbranched alkanes of at least 4 members (excludes halogenated alkanes) is 2. The molecule has 1 unspecified atom stereocenters. The molecule has 0 aromatic rings. The molecule has 1 rings (SSSR count). The maximum atomic E-state index is 10.9. The average Bonchev–Trinajstić information content (AvgIpc) is 2.05. The van der Waals surface area contributed by atoms with E-state index >= 15 is 0 Å². The number of thioether (sulfide) groups is 1. The third kappa shape index (κ3) is 3.48. The van der Waals surface area contributed by atoms with E-state index in [1.165, 1.54) is 19.3 Å². The Morgan fingerprint density at radius 1 is 1.58 bits per heavy atom. The van der Waals surface area contributed by atoms with E-state index in [2.05, 4.69) is 6.92 Å². The maximum absolute atomic E-state index is 10.9. The van der Waals surface area contributed by atoms with Crippen molar-refractivity contribution in [3.05, 3.63) is 0 Å². The fraction of sp³-hybridized carbons (Fsp3) is 0.889. The number of carbonyl (C=O) groups is 1. The second kappa shape index (κ2) is 5.46. The number of hydrogen-bond donors (Lipinski definition) is 0. The standard InChI is InChI=1S/C9H16O2S/c1-2-3-4-5-8-6-12-7-9(10)11-8/h8H,2-7H2,1H3.